The molecular weight excluding hydrogens is 304 g/mol. The molecular formula is C15H12N2O4S. The molecule has 22 heavy (non-hydrogen) atoms. The Bertz CT molecular complexity index is 913. The lowest BCUT2D eigenvalue weighted by Gasteiger charge is -2.02. The van der Waals surface area contributed by atoms with Crippen molar-refractivity contribution in [1.82, 2.24) is 4.98 Å². The molecule has 0 bridgehead atoms. The largest absolute Gasteiger partial charge is 0.497 e. The third kappa shape index (κ3) is 2.71. The number of thiazole rings is 1. The minimum absolute atomic E-state index is 0.210. The molecule has 0 atom stereocenters. The van der Waals surface area contributed by atoms with Gasteiger partial charge in [-0.3, -0.25) is 4.79 Å². The highest BCUT2D eigenvalue weighted by atomic mass is 32.1. The molecule has 6 nitrogen and oxygen atoms in total. The number of methoxy groups -OCH3 is 1. The molecule has 0 aliphatic heterocycles. The number of amides is 1. The van der Waals surface area contributed by atoms with Gasteiger partial charge in [-0.05, 0) is 18.2 Å². The Morgan fingerprint density at radius 1 is 1.36 bits per heavy atom. The highest BCUT2D eigenvalue weighted by molar-refractivity contribution is 7.14. The van der Waals surface area contributed by atoms with Crippen molar-refractivity contribution in [3.05, 3.63) is 40.1 Å². The van der Waals surface area contributed by atoms with Gasteiger partial charge < -0.3 is 14.5 Å². The van der Waals surface area contributed by atoms with E-state index < -0.39 is 5.63 Å². The molecule has 2 aromatic heterocycles. The van der Waals surface area contributed by atoms with Crippen molar-refractivity contribution in [2.24, 2.45) is 0 Å². The zero-order chi connectivity index (χ0) is 15.7. The SMILES string of the molecule is COc1ccc2cc(-c3csc(NC(C)=O)n3)c(=O)oc2c1. The number of aromatic nitrogens is 1. The molecule has 0 aliphatic rings. The van der Waals surface area contributed by atoms with Crippen LogP contribution in [-0.4, -0.2) is 18.0 Å². The van der Waals surface area contributed by atoms with E-state index >= 15 is 0 Å². The Balaban J connectivity index is 2.07. The van der Waals surface area contributed by atoms with E-state index in [2.05, 4.69) is 10.3 Å². The number of nitrogens with zero attached hydrogens (tertiary/aromatic N) is 1. The van der Waals surface area contributed by atoms with Crippen LogP contribution in [0.1, 0.15) is 6.92 Å². The van der Waals surface area contributed by atoms with E-state index in [0.29, 0.717) is 27.7 Å². The van der Waals surface area contributed by atoms with Crippen LogP contribution in [0, 0.1) is 0 Å². The highest BCUT2D eigenvalue weighted by Crippen LogP contribution is 2.26. The smallest absolute Gasteiger partial charge is 0.345 e. The number of hydrogen-bond donors (Lipinski definition) is 1. The highest BCUT2D eigenvalue weighted by Gasteiger charge is 2.12. The van der Waals surface area contributed by atoms with Gasteiger partial charge in [0, 0.05) is 23.8 Å². The van der Waals surface area contributed by atoms with Gasteiger partial charge in [-0.25, -0.2) is 9.78 Å². The first-order chi connectivity index (χ1) is 10.6. The Labute approximate surface area is 129 Å². The van der Waals surface area contributed by atoms with E-state index in [-0.39, 0.29) is 5.91 Å². The molecule has 7 heteroatoms. The van der Waals surface area contributed by atoms with Crippen molar-refractivity contribution in [1.29, 1.82) is 0 Å². The summed E-state index contributed by atoms with van der Waals surface area (Å²) < 4.78 is 10.4. The maximum absolute atomic E-state index is 12.1. The fourth-order valence-electron chi connectivity index (χ4n) is 2.00. The Morgan fingerprint density at radius 3 is 2.91 bits per heavy atom. The number of fused-ring (bicyclic) bond motifs is 1. The molecule has 0 radical (unpaired) electrons. The molecule has 0 aliphatic carbocycles. The predicted molar refractivity (Wildman–Crippen MR) is 84.4 cm³/mol. The topological polar surface area (TPSA) is 81.4 Å². The van der Waals surface area contributed by atoms with E-state index in [0.717, 1.165) is 5.39 Å². The number of carbonyl (C=O) groups excluding carboxylic acids is 1. The quantitative estimate of drug-likeness (QED) is 0.751. The van der Waals surface area contributed by atoms with Crippen LogP contribution >= 0.6 is 11.3 Å². The summed E-state index contributed by atoms with van der Waals surface area (Å²) in [5.74, 6) is 0.406. The van der Waals surface area contributed by atoms with Crippen molar-refractivity contribution >= 4 is 33.3 Å². The van der Waals surface area contributed by atoms with Crippen LogP contribution in [0.2, 0.25) is 0 Å². The third-order valence-electron chi connectivity index (χ3n) is 3.01. The lowest BCUT2D eigenvalue weighted by atomic mass is 10.1. The summed E-state index contributed by atoms with van der Waals surface area (Å²) in [4.78, 5) is 27.4. The Morgan fingerprint density at radius 2 is 2.18 bits per heavy atom. The van der Waals surface area contributed by atoms with Crippen LogP contribution in [0.25, 0.3) is 22.2 Å². The summed E-state index contributed by atoms with van der Waals surface area (Å²) in [7, 11) is 1.55. The van der Waals surface area contributed by atoms with Crippen molar-refractivity contribution in [3.63, 3.8) is 0 Å². The average molecular weight is 316 g/mol. The number of carbonyl (C=O) groups is 1. The molecule has 2 heterocycles. The van der Waals surface area contributed by atoms with Crippen molar-refractivity contribution in [2.45, 2.75) is 6.92 Å². The molecule has 3 rings (SSSR count). The van der Waals surface area contributed by atoms with Crippen LogP contribution in [0.15, 0.2) is 38.9 Å². The zero-order valence-electron chi connectivity index (χ0n) is 11.9. The molecule has 0 fully saturated rings. The molecule has 1 amide bonds. The number of rotatable bonds is 3. The van der Waals surface area contributed by atoms with Crippen molar-refractivity contribution in [2.75, 3.05) is 12.4 Å². The zero-order valence-corrected chi connectivity index (χ0v) is 12.7. The van der Waals surface area contributed by atoms with Gasteiger partial charge in [0.2, 0.25) is 5.91 Å². The maximum Gasteiger partial charge on any atom is 0.345 e. The molecule has 1 aromatic carbocycles. The number of benzene rings is 1. The molecule has 3 aromatic rings. The van der Waals surface area contributed by atoms with Gasteiger partial charge in [0.15, 0.2) is 5.13 Å². The van der Waals surface area contributed by atoms with Crippen LogP contribution in [0.4, 0.5) is 5.13 Å². The first-order valence-electron chi connectivity index (χ1n) is 6.42. The number of anilines is 1. The van der Waals surface area contributed by atoms with Crippen LogP contribution in [0.5, 0.6) is 5.75 Å². The fourth-order valence-corrected chi connectivity index (χ4v) is 2.76. The van der Waals surface area contributed by atoms with E-state index in [9.17, 15) is 9.59 Å². The normalized spacial score (nSPS) is 10.6. The molecule has 0 saturated heterocycles. The summed E-state index contributed by atoms with van der Waals surface area (Å²) in [6, 6.07) is 6.97. The summed E-state index contributed by atoms with van der Waals surface area (Å²) in [6.45, 7) is 1.40. The monoisotopic (exact) mass is 316 g/mol. The van der Waals surface area contributed by atoms with Crippen LogP contribution in [0.3, 0.4) is 0 Å². The van der Waals surface area contributed by atoms with E-state index in [1.807, 2.05) is 6.07 Å². The third-order valence-corrected chi connectivity index (χ3v) is 3.76. The summed E-state index contributed by atoms with van der Waals surface area (Å²) >= 11 is 1.25. The first-order valence-corrected chi connectivity index (χ1v) is 7.30. The van der Waals surface area contributed by atoms with E-state index in [4.69, 9.17) is 9.15 Å². The standard InChI is InChI=1S/C15H12N2O4S/c1-8(18)16-15-17-12(7-22-15)11-5-9-3-4-10(20-2)6-13(9)21-14(11)19/h3-7H,1-2H3,(H,16,17,18). The number of ether oxygens (including phenoxy) is 1. The molecule has 0 unspecified atom stereocenters. The number of nitrogens with one attached hydrogen (secondary N) is 1. The van der Waals surface area contributed by atoms with Crippen molar-refractivity contribution in [3.8, 4) is 17.0 Å². The van der Waals surface area contributed by atoms with E-state index in [1.165, 1.54) is 18.3 Å². The Kier molecular flexibility index (Phi) is 3.64. The van der Waals surface area contributed by atoms with Gasteiger partial charge in [0.1, 0.15) is 11.3 Å². The molecule has 112 valence electrons. The van der Waals surface area contributed by atoms with Gasteiger partial charge in [-0.15, -0.1) is 11.3 Å². The lowest BCUT2D eigenvalue weighted by molar-refractivity contribution is -0.114. The van der Waals surface area contributed by atoms with Crippen LogP contribution < -0.4 is 15.7 Å². The second-order valence-electron chi connectivity index (χ2n) is 4.57. The molecule has 1 N–H and O–H groups in total. The minimum Gasteiger partial charge on any atom is -0.497 e. The Hall–Kier alpha value is -2.67. The van der Waals surface area contributed by atoms with Gasteiger partial charge in [-0.2, -0.15) is 0 Å². The average Bonchev–Trinajstić information content (AvgIpc) is 2.93. The van der Waals surface area contributed by atoms with Gasteiger partial charge >= 0.3 is 5.63 Å². The summed E-state index contributed by atoms with van der Waals surface area (Å²) in [6.07, 6.45) is 0. The molecule has 0 spiro atoms. The first kappa shape index (κ1) is 14.3. The van der Waals surface area contributed by atoms with E-state index in [1.54, 1.807) is 30.7 Å². The predicted octanol–water partition coefficient (Wildman–Crippen LogP) is 2.88. The maximum atomic E-state index is 12.1. The fraction of sp³-hybridized carbons (Fsp3) is 0.133. The number of hydrogen-bond acceptors (Lipinski definition) is 6. The summed E-state index contributed by atoms with van der Waals surface area (Å²) in [5, 5.41) is 5.50. The van der Waals surface area contributed by atoms with Gasteiger partial charge in [-0.1, -0.05) is 0 Å². The van der Waals surface area contributed by atoms with Gasteiger partial charge in [0.05, 0.1) is 18.4 Å². The second-order valence-corrected chi connectivity index (χ2v) is 5.43. The molecule has 0 saturated carbocycles. The minimum atomic E-state index is -0.486. The van der Waals surface area contributed by atoms with Crippen molar-refractivity contribution < 1.29 is 13.9 Å². The summed E-state index contributed by atoms with van der Waals surface area (Å²) in [5.41, 5.74) is 0.788. The second kappa shape index (κ2) is 5.61. The van der Waals surface area contributed by atoms with Gasteiger partial charge in [0.25, 0.3) is 0 Å². The lowest BCUT2D eigenvalue weighted by Crippen LogP contribution is -2.06. The van der Waals surface area contributed by atoms with Crippen LogP contribution in [-0.2, 0) is 4.79 Å².